The van der Waals surface area contributed by atoms with Crippen molar-refractivity contribution in [3.05, 3.63) is 24.3 Å². The van der Waals surface area contributed by atoms with Crippen molar-refractivity contribution in [1.82, 2.24) is 9.84 Å². The molecule has 112 valence electrons. The van der Waals surface area contributed by atoms with E-state index in [9.17, 15) is 8.42 Å². The maximum Gasteiger partial charge on any atom is 0.255 e. The minimum absolute atomic E-state index is 0.319. The van der Waals surface area contributed by atoms with Crippen molar-refractivity contribution in [3.8, 4) is 0 Å². The minimum Gasteiger partial charge on any atom is -0.384 e. The van der Waals surface area contributed by atoms with Gasteiger partial charge in [-0.3, -0.25) is 0 Å². The maximum atomic E-state index is 12.5. The SMILES string of the molecule is CCCNc1ccccc1S(=O)(=O)NN1CCCCC1. The molecule has 2 rings (SSSR count). The molecule has 20 heavy (non-hydrogen) atoms. The summed E-state index contributed by atoms with van der Waals surface area (Å²) in [6, 6.07) is 7.05. The Morgan fingerprint density at radius 3 is 2.55 bits per heavy atom. The molecular weight excluding hydrogens is 274 g/mol. The van der Waals surface area contributed by atoms with Crippen LogP contribution in [0.25, 0.3) is 0 Å². The van der Waals surface area contributed by atoms with Gasteiger partial charge in [0.05, 0.1) is 5.69 Å². The quantitative estimate of drug-likeness (QED) is 0.845. The van der Waals surface area contributed by atoms with E-state index in [4.69, 9.17) is 0 Å². The van der Waals surface area contributed by atoms with Crippen molar-refractivity contribution in [2.45, 2.75) is 37.5 Å². The van der Waals surface area contributed by atoms with Gasteiger partial charge in [-0.15, -0.1) is 4.83 Å². The first-order chi connectivity index (χ1) is 9.63. The van der Waals surface area contributed by atoms with E-state index in [1.807, 2.05) is 6.07 Å². The van der Waals surface area contributed by atoms with Crippen LogP contribution in [0, 0.1) is 0 Å². The summed E-state index contributed by atoms with van der Waals surface area (Å²) in [7, 11) is -3.51. The first kappa shape index (κ1) is 15.3. The van der Waals surface area contributed by atoms with Crippen LogP contribution in [-0.2, 0) is 10.0 Å². The number of hydrazine groups is 1. The van der Waals surface area contributed by atoms with Crippen LogP contribution < -0.4 is 10.1 Å². The Labute approximate surface area is 121 Å². The second-order valence-corrected chi connectivity index (χ2v) is 6.69. The van der Waals surface area contributed by atoms with Gasteiger partial charge in [-0.25, -0.2) is 13.4 Å². The summed E-state index contributed by atoms with van der Waals surface area (Å²) in [6.07, 6.45) is 4.21. The Kier molecular flexibility index (Phi) is 5.39. The van der Waals surface area contributed by atoms with Crippen LogP contribution in [0.5, 0.6) is 0 Å². The van der Waals surface area contributed by atoms with E-state index in [-0.39, 0.29) is 0 Å². The van der Waals surface area contributed by atoms with Gasteiger partial charge in [-0.2, -0.15) is 0 Å². The molecular formula is C14H23N3O2S. The van der Waals surface area contributed by atoms with Crippen LogP contribution in [0.3, 0.4) is 0 Å². The van der Waals surface area contributed by atoms with Crippen molar-refractivity contribution >= 4 is 15.7 Å². The normalized spacial score (nSPS) is 17.1. The molecule has 0 aromatic heterocycles. The van der Waals surface area contributed by atoms with Gasteiger partial charge in [0.25, 0.3) is 10.0 Å². The van der Waals surface area contributed by atoms with Crippen molar-refractivity contribution in [2.24, 2.45) is 0 Å². The molecule has 0 unspecified atom stereocenters. The topological polar surface area (TPSA) is 61.4 Å². The number of piperidine rings is 1. The zero-order valence-corrected chi connectivity index (χ0v) is 12.7. The van der Waals surface area contributed by atoms with E-state index in [0.29, 0.717) is 10.6 Å². The highest BCUT2D eigenvalue weighted by molar-refractivity contribution is 7.89. The second kappa shape index (κ2) is 7.06. The largest absolute Gasteiger partial charge is 0.384 e. The van der Waals surface area contributed by atoms with E-state index in [1.54, 1.807) is 23.2 Å². The number of para-hydroxylation sites is 1. The van der Waals surface area contributed by atoms with E-state index in [1.165, 1.54) is 6.42 Å². The molecule has 1 aromatic carbocycles. The minimum atomic E-state index is -3.51. The van der Waals surface area contributed by atoms with Gasteiger partial charge < -0.3 is 5.32 Å². The van der Waals surface area contributed by atoms with Crippen molar-refractivity contribution < 1.29 is 8.42 Å². The highest BCUT2D eigenvalue weighted by Gasteiger charge is 2.22. The first-order valence-electron chi connectivity index (χ1n) is 7.24. The third-order valence-corrected chi connectivity index (χ3v) is 4.78. The molecule has 1 fully saturated rings. The number of rotatable bonds is 6. The maximum absolute atomic E-state index is 12.5. The lowest BCUT2D eigenvalue weighted by Gasteiger charge is -2.27. The fourth-order valence-corrected chi connectivity index (χ4v) is 3.62. The smallest absolute Gasteiger partial charge is 0.255 e. The van der Waals surface area contributed by atoms with Gasteiger partial charge in [0, 0.05) is 19.6 Å². The Balaban J connectivity index is 2.15. The van der Waals surface area contributed by atoms with Gasteiger partial charge in [0.15, 0.2) is 0 Å². The molecule has 0 bridgehead atoms. The molecule has 0 spiro atoms. The molecule has 1 saturated heterocycles. The van der Waals surface area contributed by atoms with Crippen LogP contribution in [0.4, 0.5) is 5.69 Å². The molecule has 1 aliphatic heterocycles. The number of nitrogens with one attached hydrogen (secondary N) is 2. The molecule has 0 atom stereocenters. The number of anilines is 1. The third kappa shape index (κ3) is 3.94. The Morgan fingerprint density at radius 1 is 1.15 bits per heavy atom. The zero-order chi connectivity index (χ0) is 14.4. The lowest BCUT2D eigenvalue weighted by Crippen LogP contribution is -2.45. The molecule has 0 saturated carbocycles. The van der Waals surface area contributed by atoms with Crippen molar-refractivity contribution in [2.75, 3.05) is 25.0 Å². The predicted molar refractivity (Wildman–Crippen MR) is 81.0 cm³/mol. The number of hydrogen-bond acceptors (Lipinski definition) is 4. The summed E-state index contributed by atoms with van der Waals surface area (Å²) in [4.78, 5) is 3.01. The lowest BCUT2D eigenvalue weighted by molar-refractivity contribution is 0.200. The molecule has 5 nitrogen and oxygen atoms in total. The third-order valence-electron chi connectivity index (χ3n) is 3.35. The molecule has 0 amide bonds. The predicted octanol–water partition coefficient (Wildman–Crippen LogP) is 2.19. The van der Waals surface area contributed by atoms with Gasteiger partial charge >= 0.3 is 0 Å². The monoisotopic (exact) mass is 297 g/mol. The Bertz CT molecular complexity index is 525. The number of nitrogens with zero attached hydrogens (tertiary/aromatic N) is 1. The fourth-order valence-electron chi connectivity index (χ4n) is 2.31. The summed E-state index contributed by atoms with van der Waals surface area (Å²) >= 11 is 0. The molecule has 0 radical (unpaired) electrons. The zero-order valence-electron chi connectivity index (χ0n) is 11.9. The standard InChI is InChI=1S/C14H23N3O2S/c1-2-10-15-13-8-4-5-9-14(13)20(18,19)16-17-11-6-3-7-12-17/h4-5,8-9,15-16H,2-3,6-7,10-12H2,1H3. The van der Waals surface area contributed by atoms with Gasteiger partial charge in [0.2, 0.25) is 0 Å². The van der Waals surface area contributed by atoms with Crippen LogP contribution in [0.2, 0.25) is 0 Å². The average molecular weight is 297 g/mol. The lowest BCUT2D eigenvalue weighted by atomic mass is 10.2. The Hall–Kier alpha value is -1.11. The molecule has 1 aliphatic rings. The first-order valence-corrected chi connectivity index (χ1v) is 8.72. The van der Waals surface area contributed by atoms with E-state index in [2.05, 4.69) is 17.1 Å². The molecule has 2 N–H and O–H groups in total. The highest BCUT2D eigenvalue weighted by Crippen LogP contribution is 2.21. The summed E-state index contributed by atoms with van der Waals surface area (Å²) in [5, 5.41) is 4.97. The van der Waals surface area contributed by atoms with Crippen LogP contribution in [0.15, 0.2) is 29.2 Å². The average Bonchev–Trinajstić information content (AvgIpc) is 2.46. The highest BCUT2D eigenvalue weighted by atomic mass is 32.2. The molecule has 6 heteroatoms. The summed E-state index contributed by atoms with van der Waals surface area (Å²) in [6.45, 7) is 4.37. The number of benzene rings is 1. The van der Waals surface area contributed by atoms with Gasteiger partial charge in [-0.05, 0) is 31.4 Å². The van der Waals surface area contributed by atoms with Crippen molar-refractivity contribution in [1.29, 1.82) is 0 Å². The number of sulfonamides is 1. The van der Waals surface area contributed by atoms with Crippen LogP contribution in [-0.4, -0.2) is 33.1 Å². The molecule has 1 heterocycles. The van der Waals surface area contributed by atoms with Crippen LogP contribution in [0.1, 0.15) is 32.6 Å². The molecule has 0 aliphatic carbocycles. The fraction of sp³-hybridized carbons (Fsp3) is 0.571. The van der Waals surface area contributed by atoms with E-state index in [0.717, 1.165) is 38.9 Å². The van der Waals surface area contributed by atoms with Crippen molar-refractivity contribution in [3.63, 3.8) is 0 Å². The second-order valence-electron chi connectivity index (χ2n) is 5.07. The summed E-state index contributed by atoms with van der Waals surface area (Å²) in [5.41, 5.74) is 0.666. The molecule has 1 aromatic rings. The Morgan fingerprint density at radius 2 is 1.85 bits per heavy atom. The summed E-state index contributed by atoms with van der Waals surface area (Å²) < 4.78 is 25.0. The van der Waals surface area contributed by atoms with Crippen LogP contribution >= 0.6 is 0 Å². The number of hydrogen-bond donors (Lipinski definition) is 2. The van der Waals surface area contributed by atoms with Gasteiger partial charge in [-0.1, -0.05) is 25.5 Å². The van der Waals surface area contributed by atoms with E-state index < -0.39 is 10.0 Å². The summed E-state index contributed by atoms with van der Waals surface area (Å²) in [5.74, 6) is 0. The van der Waals surface area contributed by atoms with Gasteiger partial charge in [0.1, 0.15) is 4.90 Å². The van der Waals surface area contributed by atoms with E-state index >= 15 is 0 Å².